The second-order valence-corrected chi connectivity index (χ2v) is 6.68. The van der Waals surface area contributed by atoms with Crippen LogP contribution in [0.15, 0.2) is 29.8 Å². The van der Waals surface area contributed by atoms with Gasteiger partial charge in [0, 0.05) is 13.1 Å². The molecule has 0 saturated carbocycles. The van der Waals surface area contributed by atoms with Crippen molar-refractivity contribution in [2.75, 3.05) is 13.1 Å². The Balaban J connectivity index is 1.93. The van der Waals surface area contributed by atoms with Crippen LogP contribution in [0.1, 0.15) is 44.7 Å². The Morgan fingerprint density at radius 2 is 1.90 bits per heavy atom. The van der Waals surface area contributed by atoms with Gasteiger partial charge in [-0.1, -0.05) is 41.5 Å². The van der Waals surface area contributed by atoms with Gasteiger partial charge in [0.2, 0.25) is 0 Å². The maximum absolute atomic E-state index is 12.0. The molecule has 3 nitrogen and oxygen atoms in total. The van der Waals surface area contributed by atoms with Crippen molar-refractivity contribution in [2.45, 2.75) is 46.1 Å². The minimum atomic E-state index is -0.422. The van der Waals surface area contributed by atoms with Gasteiger partial charge in [-0.15, -0.1) is 0 Å². The molecule has 2 rings (SSSR count). The summed E-state index contributed by atoms with van der Waals surface area (Å²) in [5.74, 6) is 0. The van der Waals surface area contributed by atoms with Crippen LogP contribution < -0.4 is 0 Å². The van der Waals surface area contributed by atoms with Crippen LogP contribution in [-0.2, 0) is 4.74 Å². The minimum Gasteiger partial charge on any atom is -0.444 e. The predicted molar refractivity (Wildman–Crippen MR) is 86.2 cm³/mol. The van der Waals surface area contributed by atoms with Crippen molar-refractivity contribution in [3.63, 3.8) is 0 Å². The number of ether oxygens (including phenoxy) is 1. The zero-order valence-electron chi connectivity index (χ0n) is 13.5. The molecular formula is C18H25NO2. The van der Waals surface area contributed by atoms with E-state index in [1.807, 2.05) is 20.8 Å². The van der Waals surface area contributed by atoms with E-state index in [9.17, 15) is 4.79 Å². The van der Waals surface area contributed by atoms with E-state index in [0.29, 0.717) is 0 Å². The topological polar surface area (TPSA) is 29.5 Å². The number of carbonyl (C=O) groups is 1. The third-order valence-electron chi connectivity index (χ3n) is 3.47. The van der Waals surface area contributed by atoms with Crippen molar-refractivity contribution < 1.29 is 9.53 Å². The van der Waals surface area contributed by atoms with Crippen LogP contribution in [0.5, 0.6) is 0 Å². The first-order valence-corrected chi connectivity index (χ1v) is 7.57. The van der Waals surface area contributed by atoms with Gasteiger partial charge < -0.3 is 9.64 Å². The number of piperidine rings is 1. The fourth-order valence-electron chi connectivity index (χ4n) is 2.44. The zero-order chi connectivity index (χ0) is 15.5. The monoisotopic (exact) mass is 287 g/mol. The summed E-state index contributed by atoms with van der Waals surface area (Å²) in [7, 11) is 0. The van der Waals surface area contributed by atoms with Crippen molar-refractivity contribution in [2.24, 2.45) is 0 Å². The third kappa shape index (κ3) is 4.92. The lowest BCUT2D eigenvalue weighted by Crippen LogP contribution is -2.40. The molecule has 1 aliphatic heterocycles. The number of likely N-dealkylation sites (tertiary alicyclic amines) is 1. The molecule has 1 aromatic carbocycles. The highest BCUT2D eigenvalue weighted by molar-refractivity contribution is 5.68. The lowest BCUT2D eigenvalue weighted by molar-refractivity contribution is 0.0237. The first-order chi connectivity index (χ1) is 9.83. The molecule has 0 radical (unpaired) electrons. The molecule has 0 atom stereocenters. The molecule has 1 aliphatic rings. The number of nitrogens with zero attached hydrogens (tertiary/aromatic N) is 1. The van der Waals surface area contributed by atoms with E-state index < -0.39 is 5.60 Å². The number of aryl methyl sites for hydroxylation is 1. The van der Waals surface area contributed by atoms with Crippen LogP contribution in [-0.4, -0.2) is 29.7 Å². The highest BCUT2D eigenvalue weighted by Crippen LogP contribution is 2.21. The van der Waals surface area contributed by atoms with Gasteiger partial charge in [0.1, 0.15) is 5.60 Å². The number of hydrogen-bond acceptors (Lipinski definition) is 2. The lowest BCUT2D eigenvalue weighted by atomic mass is 10.0. The molecule has 21 heavy (non-hydrogen) atoms. The second-order valence-electron chi connectivity index (χ2n) is 6.68. The van der Waals surface area contributed by atoms with Gasteiger partial charge >= 0.3 is 6.09 Å². The zero-order valence-corrected chi connectivity index (χ0v) is 13.5. The molecular weight excluding hydrogens is 262 g/mol. The summed E-state index contributed by atoms with van der Waals surface area (Å²) >= 11 is 0. The molecule has 0 aliphatic carbocycles. The smallest absolute Gasteiger partial charge is 0.410 e. The first kappa shape index (κ1) is 15.6. The van der Waals surface area contributed by atoms with Crippen molar-refractivity contribution in [3.05, 3.63) is 41.0 Å². The predicted octanol–water partition coefficient (Wildman–Crippen LogP) is 4.41. The lowest BCUT2D eigenvalue weighted by Gasteiger charge is -2.31. The van der Waals surface area contributed by atoms with Crippen molar-refractivity contribution in [1.82, 2.24) is 4.90 Å². The quantitative estimate of drug-likeness (QED) is 0.765. The Bertz CT molecular complexity index is 530. The van der Waals surface area contributed by atoms with Crippen molar-refractivity contribution >= 4 is 12.2 Å². The van der Waals surface area contributed by atoms with E-state index in [0.717, 1.165) is 25.9 Å². The van der Waals surface area contributed by atoms with Gasteiger partial charge in [0.25, 0.3) is 0 Å². The number of rotatable bonds is 1. The van der Waals surface area contributed by atoms with Crippen LogP contribution in [0, 0.1) is 6.92 Å². The summed E-state index contributed by atoms with van der Waals surface area (Å²) in [5.41, 5.74) is 3.50. The van der Waals surface area contributed by atoms with E-state index in [4.69, 9.17) is 4.74 Å². The van der Waals surface area contributed by atoms with Gasteiger partial charge in [-0.3, -0.25) is 0 Å². The Kier molecular flexibility index (Phi) is 4.71. The molecule has 1 aromatic rings. The summed E-state index contributed by atoms with van der Waals surface area (Å²) < 4.78 is 5.41. The van der Waals surface area contributed by atoms with E-state index >= 15 is 0 Å². The molecule has 1 fully saturated rings. The van der Waals surface area contributed by atoms with Gasteiger partial charge in [0.05, 0.1) is 0 Å². The fourth-order valence-corrected chi connectivity index (χ4v) is 2.44. The second kappa shape index (κ2) is 6.33. The fraction of sp³-hybridized carbons (Fsp3) is 0.500. The van der Waals surface area contributed by atoms with Gasteiger partial charge in [-0.2, -0.15) is 0 Å². The van der Waals surface area contributed by atoms with Crippen LogP contribution in [0.3, 0.4) is 0 Å². The minimum absolute atomic E-state index is 0.197. The summed E-state index contributed by atoms with van der Waals surface area (Å²) in [6.45, 7) is 9.29. The Morgan fingerprint density at radius 3 is 2.48 bits per heavy atom. The number of hydrogen-bond donors (Lipinski definition) is 0. The number of amides is 1. The first-order valence-electron chi connectivity index (χ1n) is 7.57. The summed E-state index contributed by atoms with van der Waals surface area (Å²) in [5, 5.41) is 0. The molecule has 1 saturated heterocycles. The highest BCUT2D eigenvalue weighted by atomic mass is 16.6. The molecule has 0 spiro atoms. The van der Waals surface area contributed by atoms with E-state index in [1.54, 1.807) is 4.90 Å². The standard InChI is InChI=1S/C18H25NO2/c1-14-6-5-7-16(12-14)13-15-8-10-19(11-9-15)17(20)21-18(2,3)4/h5-7,12-13H,8-11H2,1-4H3. The maximum Gasteiger partial charge on any atom is 0.410 e. The molecule has 0 aromatic heterocycles. The molecule has 1 amide bonds. The van der Waals surface area contributed by atoms with Gasteiger partial charge in [0.15, 0.2) is 0 Å². The van der Waals surface area contributed by atoms with Crippen LogP contribution in [0.4, 0.5) is 4.79 Å². The van der Waals surface area contributed by atoms with Crippen molar-refractivity contribution in [3.8, 4) is 0 Å². The number of benzene rings is 1. The van der Waals surface area contributed by atoms with E-state index in [2.05, 4.69) is 37.3 Å². The average molecular weight is 287 g/mol. The molecule has 114 valence electrons. The molecule has 3 heteroatoms. The summed E-state index contributed by atoms with van der Waals surface area (Å²) in [4.78, 5) is 13.8. The van der Waals surface area contributed by atoms with Crippen LogP contribution in [0.25, 0.3) is 6.08 Å². The highest BCUT2D eigenvalue weighted by Gasteiger charge is 2.24. The van der Waals surface area contributed by atoms with E-state index in [-0.39, 0.29) is 6.09 Å². The third-order valence-corrected chi connectivity index (χ3v) is 3.47. The summed E-state index contributed by atoms with van der Waals surface area (Å²) in [6, 6.07) is 8.50. The van der Waals surface area contributed by atoms with Crippen molar-refractivity contribution in [1.29, 1.82) is 0 Å². The van der Waals surface area contributed by atoms with E-state index in [1.165, 1.54) is 16.7 Å². The normalized spacial score (nSPS) is 15.8. The molecule has 0 unspecified atom stereocenters. The SMILES string of the molecule is Cc1cccc(C=C2CCN(C(=O)OC(C)(C)C)CC2)c1. The maximum atomic E-state index is 12.0. The van der Waals surface area contributed by atoms with Crippen LogP contribution >= 0.6 is 0 Å². The Labute approximate surface area is 127 Å². The summed E-state index contributed by atoms with van der Waals surface area (Å²) in [6.07, 6.45) is 3.90. The largest absolute Gasteiger partial charge is 0.444 e. The average Bonchev–Trinajstić information content (AvgIpc) is 2.37. The molecule has 0 bridgehead atoms. The Morgan fingerprint density at radius 1 is 1.24 bits per heavy atom. The van der Waals surface area contributed by atoms with Gasteiger partial charge in [-0.05, 0) is 46.1 Å². The Hall–Kier alpha value is -1.77. The number of carbonyl (C=O) groups excluding carboxylic acids is 1. The molecule has 0 N–H and O–H groups in total. The van der Waals surface area contributed by atoms with Gasteiger partial charge in [-0.25, -0.2) is 4.79 Å². The molecule has 1 heterocycles. The van der Waals surface area contributed by atoms with Crippen LogP contribution in [0.2, 0.25) is 0 Å².